The molecule has 0 bridgehead atoms. The molecule has 0 N–H and O–H groups in total. The van der Waals surface area contributed by atoms with Crippen LogP contribution < -0.4 is 0 Å². The Balaban J connectivity index is 2.08. The summed E-state index contributed by atoms with van der Waals surface area (Å²) in [6.45, 7) is 1.92. The van der Waals surface area contributed by atoms with Crippen molar-refractivity contribution in [3.63, 3.8) is 0 Å². The lowest BCUT2D eigenvalue weighted by atomic mass is 10.0. The lowest BCUT2D eigenvalue weighted by Gasteiger charge is -2.01. The Kier molecular flexibility index (Phi) is 3.80. The van der Waals surface area contributed by atoms with E-state index in [0.29, 0.717) is 5.56 Å². The van der Waals surface area contributed by atoms with E-state index in [9.17, 15) is 14.0 Å². The fraction of sp³-hybridized carbons (Fsp3) is 0.133. The number of nitrogens with zero attached hydrogens (tertiary/aromatic N) is 1. The van der Waals surface area contributed by atoms with Crippen molar-refractivity contribution >= 4 is 11.6 Å². The first-order valence-corrected chi connectivity index (χ1v) is 5.81. The highest BCUT2D eigenvalue weighted by molar-refractivity contribution is 6.12. The third-order valence-corrected chi connectivity index (χ3v) is 2.71. The highest BCUT2D eigenvalue weighted by Gasteiger charge is 2.14. The van der Waals surface area contributed by atoms with Gasteiger partial charge >= 0.3 is 0 Å². The number of carbonyl (C=O) groups excluding carboxylic acids is 2. The number of carbonyl (C=O) groups is 2. The number of benzene rings is 1. The second-order valence-electron chi connectivity index (χ2n) is 4.25. The van der Waals surface area contributed by atoms with Crippen molar-refractivity contribution in [1.82, 2.24) is 4.98 Å². The van der Waals surface area contributed by atoms with E-state index in [-0.39, 0.29) is 17.9 Å². The largest absolute Gasteiger partial charge is 0.294 e. The number of hydrogen-bond donors (Lipinski definition) is 0. The number of pyridine rings is 1. The molecule has 0 aliphatic heterocycles. The lowest BCUT2D eigenvalue weighted by molar-refractivity contribution is 0.0891. The Morgan fingerprint density at radius 2 is 1.74 bits per heavy atom. The van der Waals surface area contributed by atoms with E-state index in [1.54, 1.807) is 12.1 Å². The summed E-state index contributed by atoms with van der Waals surface area (Å²) in [6, 6.07) is 9.42. The van der Waals surface area contributed by atoms with Crippen molar-refractivity contribution in [2.24, 2.45) is 0 Å². The highest BCUT2D eigenvalue weighted by atomic mass is 19.1. The Morgan fingerprint density at radius 1 is 1.05 bits per heavy atom. The van der Waals surface area contributed by atoms with Crippen LogP contribution in [0.4, 0.5) is 4.39 Å². The number of ketones is 2. The molecular formula is C15H12FNO2. The van der Waals surface area contributed by atoms with Gasteiger partial charge in [-0.15, -0.1) is 0 Å². The molecule has 0 amide bonds. The topological polar surface area (TPSA) is 47.0 Å². The summed E-state index contributed by atoms with van der Waals surface area (Å²) in [5, 5.41) is 0. The third kappa shape index (κ3) is 3.31. The van der Waals surface area contributed by atoms with Gasteiger partial charge in [-0.25, -0.2) is 4.39 Å². The molecule has 0 spiro atoms. The molecule has 4 heteroatoms. The molecule has 1 heterocycles. The van der Waals surface area contributed by atoms with Crippen LogP contribution in [0.15, 0.2) is 42.6 Å². The van der Waals surface area contributed by atoms with Crippen LogP contribution in [-0.4, -0.2) is 16.6 Å². The maximum absolute atomic E-state index is 12.7. The number of hydrogen-bond acceptors (Lipinski definition) is 3. The second kappa shape index (κ2) is 5.52. The van der Waals surface area contributed by atoms with Gasteiger partial charge in [-0.1, -0.05) is 29.8 Å². The molecule has 3 nitrogen and oxygen atoms in total. The van der Waals surface area contributed by atoms with E-state index in [1.807, 2.05) is 19.1 Å². The van der Waals surface area contributed by atoms with E-state index < -0.39 is 11.6 Å². The fourth-order valence-corrected chi connectivity index (χ4v) is 1.62. The van der Waals surface area contributed by atoms with Gasteiger partial charge < -0.3 is 0 Å². The van der Waals surface area contributed by atoms with E-state index in [4.69, 9.17) is 0 Å². The van der Waals surface area contributed by atoms with Crippen molar-refractivity contribution in [3.05, 3.63) is 65.2 Å². The zero-order valence-electron chi connectivity index (χ0n) is 10.4. The van der Waals surface area contributed by atoms with Crippen LogP contribution in [0, 0.1) is 12.7 Å². The Hall–Kier alpha value is -2.36. The van der Waals surface area contributed by atoms with Gasteiger partial charge in [-0.2, -0.15) is 0 Å². The molecular weight excluding hydrogens is 245 g/mol. The first-order valence-electron chi connectivity index (χ1n) is 5.81. The van der Waals surface area contributed by atoms with Crippen LogP contribution in [0.25, 0.3) is 0 Å². The molecule has 0 radical (unpaired) electrons. The van der Waals surface area contributed by atoms with Gasteiger partial charge in [0, 0.05) is 5.56 Å². The van der Waals surface area contributed by atoms with Crippen molar-refractivity contribution in [2.45, 2.75) is 13.3 Å². The molecule has 2 rings (SSSR count). The van der Waals surface area contributed by atoms with Crippen LogP contribution in [0.3, 0.4) is 0 Å². The average Bonchev–Trinajstić information content (AvgIpc) is 2.40. The van der Waals surface area contributed by atoms with Gasteiger partial charge in [0.15, 0.2) is 11.6 Å². The second-order valence-corrected chi connectivity index (χ2v) is 4.25. The van der Waals surface area contributed by atoms with Crippen LogP contribution in [0.1, 0.15) is 32.8 Å². The summed E-state index contributed by atoms with van der Waals surface area (Å²) < 4.78 is 12.7. The molecule has 96 valence electrons. The molecule has 0 atom stereocenters. The molecule has 19 heavy (non-hydrogen) atoms. The number of Topliss-reactive ketones (excluding diaryl/α,β-unsaturated/α-hetero) is 2. The van der Waals surface area contributed by atoms with Crippen molar-refractivity contribution in [3.8, 4) is 0 Å². The third-order valence-electron chi connectivity index (χ3n) is 2.71. The molecule has 0 aliphatic carbocycles. The van der Waals surface area contributed by atoms with Gasteiger partial charge in [0.1, 0.15) is 11.5 Å². The minimum Gasteiger partial charge on any atom is -0.294 e. The fourth-order valence-electron chi connectivity index (χ4n) is 1.62. The normalized spacial score (nSPS) is 10.2. The number of aromatic nitrogens is 1. The van der Waals surface area contributed by atoms with Gasteiger partial charge in [0.25, 0.3) is 0 Å². The quantitative estimate of drug-likeness (QED) is 0.625. The van der Waals surface area contributed by atoms with E-state index in [1.165, 1.54) is 6.07 Å². The molecule has 1 aromatic carbocycles. The summed E-state index contributed by atoms with van der Waals surface area (Å²) in [7, 11) is 0. The molecule has 0 unspecified atom stereocenters. The van der Waals surface area contributed by atoms with Crippen LogP contribution >= 0.6 is 0 Å². The predicted molar refractivity (Wildman–Crippen MR) is 68.7 cm³/mol. The monoisotopic (exact) mass is 257 g/mol. The Morgan fingerprint density at radius 3 is 2.32 bits per heavy atom. The highest BCUT2D eigenvalue weighted by Crippen LogP contribution is 2.09. The predicted octanol–water partition coefficient (Wildman–Crippen LogP) is 2.98. The first kappa shape index (κ1) is 13.1. The number of aryl methyl sites for hydroxylation is 1. The van der Waals surface area contributed by atoms with Crippen molar-refractivity contribution in [2.75, 3.05) is 0 Å². The standard InChI is InChI=1S/C15H12FNO2/c1-10-2-4-11(5-3-10)14(18)8-15(19)13-7-6-12(16)9-17-13/h2-7,9H,8H2,1H3. The number of halogens is 1. The van der Waals surface area contributed by atoms with Crippen molar-refractivity contribution in [1.29, 1.82) is 0 Å². The molecule has 2 aromatic rings. The molecule has 1 aromatic heterocycles. The van der Waals surface area contributed by atoms with Gasteiger partial charge in [0.05, 0.1) is 12.6 Å². The molecule has 0 saturated heterocycles. The smallest absolute Gasteiger partial charge is 0.188 e. The zero-order chi connectivity index (χ0) is 13.8. The number of rotatable bonds is 4. The Bertz CT molecular complexity index is 548. The SMILES string of the molecule is Cc1ccc(C(=O)CC(=O)c2ccc(F)cn2)cc1. The molecule has 0 aliphatic rings. The summed E-state index contributed by atoms with van der Waals surface area (Å²) in [4.78, 5) is 27.3. The van der Waals surface area contributed by atoms with Gasteiger partial charge in [-0.3, -0.25) is 14.6 Å². The average molecular weight is 257 g/mol. The summed E-state index contributed by atoms with van der Waals surface area (Å²) in [5.74, 6) is -1.19. The van der Waals surface area contributed by atoms with Crippen LogP contribution in [0.5, 0.6) is 0 Å². The maximum Gasteiger partial charge on any atom is 0.188 e. The molecule has 0 saturated carbocycles. The van der Waals surface area contributed by atoms with Gasteiger partial charge in [-0.05, 0) is 19.1 Å². The van der Waals surface area contributed by atoms with Crippen LogP contribution in [-0.2, 0) is 0 Å². The van der Waals surface area contributed by atoms with E-state index in [2.05, 4.69) is 4.98 Å². The lowest BCUT2D eigenvalue weighted by Crippen LogP contribution is -2.10. The minimum atomic E-state index is -0.513. The van der Waals surface area contributed by atoms with Gasteiger partial charge in [0.2, 0.25) is 0 Å². The zero-order valence-corrected chi connectivity index (χ0v) is 10.4. The Labute approximate surface area is 110 Å². The summed E-state index contributed by atoms with van der Waals surface area (Å²) >= 11 is 0. The first-order chi connectivity index (χ1) is 9.06. The van der Waals surface area contributed by atoms with Crippen LogP contribution in [0.2, 0.25) is 0 Å². The maximum atomic E-state index is 12.7. The van der Waals surface area contributed by atoms with E-state index >= 15 is 0 Å². The molecule has 0 fully saturated rings. The van der Waals surface area contributed by atoms with Crippen molar-refractivity contribution < 1.29 is 14.0 Å². The summed E-state index contributed by atoms with van der Waals surface area (Å²) in [6.07, 6.45) is 0.700. The summed E-state index contributed by atoms with van der Waals surface area (Å²) in [5.41, 5.74) is 1.63. The minimum absolute atomic E-state index is 0.0989. The van der Waals surface area contributed by atoms with E-state index in [0.717, 1.165) is 17.8 Å².